The standard InChI is InChI=1S/C27H21N3O2S/c31-25(17-16-20-12-6-11-19-8-4-5-15-24(19)20)30-27(33)29-23-14-7-13-22(18-23)28-26(32)21-9-2-1-3-10-21/h1-18H,(H,28,32)(H2,29,30,31,33)/b17-16+. The predicted octanol–water partition coefficient (Wildman–Crippen LogP) is 5.62. The fourth-order valence-electron chi connectivity index (χ4n) is 3.34. The molecule has 5 nitrogen and oxygen atoms in total. The van der Waals surface area contributed by atoms with E-state index in [1.807, 2.05) is 60.7 Å². The molecule has 0 fully saturated rings. The summed E-state index contributed by atoms with van der Waals surface area (Å²) in [7, 11) is 0. The van der Waals surface area contributed by atoms with Gasteiger partial charge in [0.15, 0.2) is 5.11 Å². The van der Waals surface area contributed by atoms with Gasteiger partial charge >= 0.3 is 0 Å². The molecule has 33 heavy (non-hydrogen) atoms. The van der Waals surface area contributed by atoms with Crippen LogP contribution in [0.3, 0.4) is 0 Å². The van der Waals surface area contributed by atoms with E-state index in [1.165, 1.54) is 6.08 Å². The third kappa shape index (κ3) is 5.90. The van der Waals surface area contributed by atoms with Gasteiger partial charge in [-0.1, -0.05) is 66.7 Å². The van der Waals surface area contributed by atoms with E-state index >= 15 is 0 Å². The van der Waals surface area contributed by atoms with E-state index in [-0.39, 0.29) is 16.9 Å². The number of hydrogen-bond donors (Lipinski definition) is 3. The Balaban J connectivity index is 1.35. The summed E-state index contributed by atoms with van der Waals surface area (Å²) in [5.74, 6) is -0.545. The molecule has 6 heteroatoms. The van der Waals surface area contributed by atoms with Gasteiger partial charge < -0.3 is 10.6 Å². The Kier molecular flexibility index (Phi) is 6.87. The van der Waals surface area contributed by atoms with Crippen LogP contribution in [0, 0.1) is 0 Å². The average Bonchev–Trinajstić information content (AvgIpc) is 2.83. The fourth-order valence-corrected chi connectivity index (χ4v) is 3.56. The molecule has 2 amide bonds. The lowest BCUT2D eigenvalue weighted by molar-refractivity contribution is -0.115. The monoisotopic (exact) mass is 451 g/mol. The molecule has 0 saturated carbocycles. The van der Waals surface area contributed by atoms with Gasteiger partial charge in [-0.2, -0.15) is 0 Å². The second kappa shape index (κ2) is 10.3. The summed E-state index contributed by atoms with van der Waals surface area (Å²) in [5.41, 5.74) is 2.77. The molecule has 162 valence electrons. The number of anilines is 2. The van der Waals surface area contributed by atoms with E-state index in [4.69, 9.17) is 12.2 Å². The molecule has 4 rings (SSSR count). The van der Waals surface area contributed by atoms with Crippen molar-refractivity contribution >= 4 is 57.4 Å². The van der Waals surface area contributed by atoms with Gasteiger partial charge in [0.25, 0.3) is 5.91 Å². The van der Waals surface area contributed by atoms with Crippen LogP contribution < -0.4 is 16.0 Å². The third-order valence-electron chi connectivity index (χ3n) is 4.89. The van der Waals surface area contributed by atoms with Crippen molar-refractivity contribution in [1.29, 1.82) is 0 Å². The van der Waals surface area contributed by atoms with Gasteiger partial charge in [0.2, 0.25) is 5.91 Å². The maximum atomic E-state index is 12.3. The van der Waals surface area contributed by atoms with Gasteiger partial charge in [-0.3, -0.25) is 14.9 Å². The number of amides is 2. The molecule has 4 aromatic rings. The average molecular weight is 452 g/mol. The highest BCUT2D eigenvalue weighted by Crippen LogP contribution is 2.19. The van der Waals surface area contributed by atoms with Gasteiger partial charge in [0, 0.05) is 23.0 Å². The minimum Gasteiger partial charge on any atom is -0.332 e. The molecule has 0 heterocycles. The molecule has 0 spiro atoms. The molecule has 3 N–H and O–H groups in total. The van der Waals surface area contributed by atoms with E-state index in [0.717, 1.165) is 16.3 Å². The van der Waals surface area contributed by atoms with Gasteiger partial charge in [-0.15, -0.1) is 0 Å². The molecule has 0 unspecified atom stereocenters. The van der Waals surface area contributed by atoms with Crippen LogP contribution in [-0.2, 0) is 4.79 Å². The molecule has 0 aliphatic carbocycles. The van der Waals surface area contributed by atoms with E-state index in [1.54, 1.807) is 42.5 Å². The maximum Gasteiger partial charge on any atom is 0.255 e. The molecule has 0 bridgehead atoms. The summed E-state index contributed by atoms with van der Waals surface area (Å²) in [4.78, 5) is 24.7. The number of rotatable bonds is 5. The lowest BCUT2D eigenvalue weighted by atomic mass is 10.0. The smallest absolute Gasteiger partial charge is 0.255 e. The summed E-state index contributed by atoms with van der Waals surface area (Å²) >= 11 is 5.26. The zero-order valence-corrected chi connectivity index (χ0v) is 18.4. The van der Waals surface area contributed by atoms with E-state index in [9.17, 15) is 9.59 Å². The van der Waals surface area contributed by atoms with Crippen molar-refractivity contribution < 1.29 is 9.59 Å². The number of carbonyl (C=O) groups excluding carboxylic acids is 2. The van der Waals surface area contributed by atoms with E-state index < -0.39 is 0 Å². The lowest BCUT2D eigenvalue weighted by Crippen LogP contribution is -2.32. The largest absolute Gasteiger partial charge is 0.332 e. The van der Waals surface area contributed by atoms with Crippen molar-refractivity contribution in [2.24, 2.45) is 0 Å². The molecule has 0 aliphatic rings. The first kappa shape index (κ1) is 21.9. The quantitative estimate of drug-likeness (QED) is 0.272. The van der Waals surface area contributed by atoms with E-state index in [2.05, 4.69) is 16.0 Å². The van der Waals surface area contributed by atoms with Crippen molar-refractivity contribution in [3.8, 4) is 0 Å². The summed E-state index contributed by atoms with van der Waals surface area (Å²) in [5, 5.41) is 10.8. The highest BCUT2D eigenvalue weighted by Gasteiger charge is 2.07. The molecule has 0 saturated heterocycles. The minimum absolute atomic E-state index is 0.161. The Bertz CT molecular complexity index is 1340. The molecular formula is C27H21N3O2S. The van der Waals surface area contributed by atoms with Crippen molar-refractivity contribution in [2.75, 3.05) is 10.6 Å². The summed E-state index contributed by atoms with van der Waals surface area (Å²) < 4.78 is 0. The first-order chi connectivity index (χ1) is 16.1. The zero-order chi connectivity index (χ0) is 23.0. The Labute approximate surface area is 197 Å². The van der Waals surface area contributed by atoms with Gasteiger partial charge in [-0.25, -0.2) is 0 Å². The van der Waals surface area contributed by atoms with Crippen molar-refractivity contribution in [3.63, 3.8) is 0 Å². The molecule has 0 atom stereocenters. The van der Waals surface area contributed by atoms with Crippen LogP contribution >= 0.6 is 12.2 Å². The number of benzene rings is 4. The lowest BCUT2D eigenvalue weighted by Gasteiger charge is -2.11. The molecule has 0 aliphatic heterocycles. The third-order valence-corrected chi connectivity index (χ3v) is 5.09. The van der Waals surface area contributed by atoms with Gasteiger partial charge in [-0.05, 0) is 65.0 Å². The summed E-state index contributed by atoms with van der Waals surface area (Å²) in [6.45, 7) is 0. The van der Waals surface area contributed by atoms with Crippen molar-refractivity contribution in [2.45, 2.75) is 0 Å². The second-order valence-electron chi connectivity index (χ2n) is 7.25. The van der Waals surface area contributed by atoms with Gasteiger partial charge in [0.1, 0.15) is 0 Å². The Morgan fingerprint density at radius 1 is 0.727 bits per heavy atom. The van der Waals surface area contributed by atoms with Gasteiger partial charge in [0.05, 0.1) is 0 Å². The number of fused-ring (bicyclic) bond motifs is 1. The van der Waals surface area contributed by atoms with Crippen LogP contribution in [0.5, 0.6) is 0 Å². The molecule has 4 aromatic carbocycles. The topological polar surface area (TPSA) is 70.2 Å². The van der Waals surface area contributed by atoms with Crippen LogP contribution in [0.25, 0.3) is 16.8 Å². The zero-order valence-electron chi connectivity index (χ0n) is 17.6. The SMILES string of the molecule is O=C(/C=C/c1cccc2ccccc12)NC(=S)Nc1cccc(NC(=O)c2ccccc2)c1. The Morgan fingerprint density at radius 2 is 1.39 bits per heavy atom. The van der Waals surface area contributed by atoms with Crippen LogP contribution in [0.15, 0.2) is 103 Å². The van der Waals surface area contributed by atoms with Crippen LogP contribution in [0.4, 0.5) is 11.4 Å². The molecular weight excluding hydrogens is 430 g/mol. The van der Waals surface area contributed by atoms with Crippen LogP contribution in [0.1, 0.15) is 15.9 Å². The first-order valence-electron chi connectivity index (χ1n) is 10.3. The van der Waals surface area contributed by atoms with E-state index in [0.29, 0.717) is 16.9 Å². The van der Waals surface area contributed by atoms with Crippen molar-refractivity contribution in [3.05, 3.63) is 114 Å². The summed E-state index contributed by atoms with van der Waals surface area (Å²) in [6.07, 6.45) is 3.21. The Morgan fingerprint density at radius 3 is 2.21 bits per heavy atom. The first-order valence-corrected chi connectivity index (χ1v) is 10.7. The fraction of sp³-hybridized carbons (Fsp3) is 0. The molecule has 0 radical (unpaired) electrons. The van der Waals surface area contributed by atoms with Crippen LogP contribution in [0.2, 0.25) is 0 Å². The normalized spacial score (nSPS) is 10.7. The minimum atomic E-state index is -0.339. The maximum absolute atomic E-state index is 12.3. The van der Waals surface area contributed by atoms with Crippen LogP contribution in [-0.4, -0.2) is 16.9 Å². The predicted molar refractivity (Wildman–Crippen MR) is 138 cm³/mol. The number of hydrogen-bond acceptors (Lipinski definition) is 3. The molecule has 0 aromatic heterocycles. The second-order valence-corrected chi connectivity index (χ2v) is 7.65. The number of carbonyl (C=O) groups is 2. The highest BCUT2D eigenvalue weighted by molar-refractivity contribution is 7.80. The van der Waals surface area contributed by atoms with Crippen molar-refractivity contribution in [1.82, 2.24) is 5.32 Å². The Hall–Kier alpha value is -4.29. The summed E-state index contributed by atoms with van der Waals surface area (Å²) in [6, 6.07) is 30.0. The number of thiocarbonyl (C=S) groups is 1. The highest BCUT2D eigenvalue weighted by atomic mass is 32.1. The number of nitrogens with one attached hydrogen (secondary N) is 3.